The zero-order valence-electron chi connectivity index (χ0n) is 6.82. The number of hydrogen-bond donors (Lipinski definition) is 1. The molecule has 0 aromatic heterocycles. The lowest BCUT2D eigenvalue weighted by atomic mass is 10.3. The van der Waals surface area contributed by atoms with Crippen LogP contribution >= 0.6 is 12.6 Å². The van der Waals surface area contributed by atoms with Crippen molar-refractivity contribution in [1.29, 1.82) is 0 Å². The van der Waals surface area contributed by atoms with Gasteiger partial charge in [-0.1, -0.05) is 6.08 Å². The van der Waals surface area contributed by atoms with Crippen LogP contribution in [0.1, 0.15) is 20.3 Å². The number of thiol groups is 1. The van der Waals surface area contributed by atoms with Crippen LogP contribution in [-0.2, 0) is 4.74 Å². The lowest BCUT2D eigenvalue weighted by molar-refractivity contribution is 0.229. The van der Waals surface area contributed by atoms with E-state index < -0.39 is 0 Å². The maximum absolute atomic E-state index is 5.38. The molecule has 0 amide bonds. The molecular formula is C8H13NOS. The van der Waals surface area contributed by atoms with Crippen molar-refractivity contribution < 1.29 is 4.74 Å². The minimum absolute atomic E-state index is 0.0775. The van der Waals surface area contributed by atoms with Crippen LogP contribution < -0.4 is 0 Å². The molecule has 1 aliphatic rings. The second kappa shape index (κ2) is 3.81. The number of aliphatic imine (C=N–C) groups is 1. The highest BCUT2D eigenvalue weighted by molar-refractivity contribution is 7.80. The van der Waals surface area contributed by atoms with Crippen molar-refractivity contribution in [3.63, 3.8) is 0 Å². The Morgan fingerprint density at radius 3 is 3.00 bits per heavy atom. The normalized spacial score (nSPS) is 23.6. The van der Waals surface area contributed by atoms with Crippen LogP contribution in [-0.4, -0.2) is 17.4 Å². The molecule has 0 aromatic rings. The van der Waals surface area contributed by atoms with Gasteiger partial charge in [0.1, 0.15) is 0 Å². The molecule has 62 valence electrons. The van der Waals surface area contributed by atoms with Gasteiger partial charge in [0.25, 0.3) is 0 Å². The maximum Gasteiger partial charge on any atom is 0.209 e. The average molecular weight is 171 g/mol. The van der Waals surface area contributed by atoms with E-state index in [4.69, 9.17) is 4.74 Å². The number of dihydropyridines is 1. The minimum Gasteiger partial charge on any atom is -0.475 e. The van der Waals surface area contributed by atoms with Crippen molar-refractivity contribution in [3.8, 4) is 0 Å². The molecule has 0 fully saturated rings. The highest BCUT2D eigenvalue weighted by atomic mass is 32.1. The van der Waals surface area contributed by atoms with Gasteiger partial charge < -0.3 is 4.74 Å². The molecule has 0 saturated carbocycles. The van der Waals surface area contributed by atoms with Crippen LogP contribution in [0.25, 0.3) is 0 Å². The molecule has 0 bridgehead atoms. The van der Waals surface area contributed by atoms with Crippen molar-refractivity contribution in [2.24, 2.45) is 4.99 Å². The molecule has 2 nitrogen and oxygen atoms in total. The van der Waals surface area contributed by atoms with E-state index in [-0.39, 0.29) is 11.5 Å². The summed E-state index contributed by atoms with van der Waals surface area (Å²) in [5.74, 6) is 0.700. The van der Waals surface area contributed by atoms with Gasteiger partial charge in [0.2, 0.25) is 5.90 Å². The van der Waals surface area contributed by atoms with Crippen molar-refractivity contribution in [1.82, 2.24) is 0 Å². The summed E-state index contributed by atoms with van der Waals surface area (Å²) in [7, 11) is 0. The summed E-state index contributed by atoms with van der Waals surface area (Å²) in [6.07, 6.45) is 5.01. The fourth-order valence-corrected chi connectivity index (χ4v) is 1.08. The summed E-state index contributed by atoms with van der Waals surface area (Å²) in [5.41, 5.74) is 0. The summed E-state index contributed by atoms with van der Waals surface area (Å²) in [5, 5.41) is 0.0775. The third kappa shape index (κ3) is 2.97. The zero-order valence-corrected chi connectivity index (χ0v) is 7.71. The lowest BCUT2D eigenvalue weighted by Crippen LogP contribution is -2.14. The molecule has 0 aromatic carbocycles. The highest BCUT2D eigenvalue weighted by Crippen LogP contribution is 2.11. The summed E-state index contributed by atoms with van der Waals surface area (Å²) < 4.78 is 5.38. The zero-order chi connectivity index (χ0) is 8.27. The Hall–Kier alpha value is -0.440. The van der Waals surface area contributed by atoms with E-state index >= 15 is 0 Å². The van der Waals surface area contributed by atoms with Gasteiger partial charge in [0, 0.05) is 0 Å². The number of rotatable bonds is 1. The fourth-order valence-electron chi connectivity index (χ4n) is 0.844. The van der Waals surface area contributed by atoms with Crippen LogP contribution in [0.3, 0.4) is 0 Å². The van der Waals surface area contributed by atoms with E-state index in [2.05, 4.69) is 17.6 Å². The molecule has 1 rings (SSSR count). The van der Waals surface area contributed by atoms with Gasteiger partial charge in [-0.2, -0.15) is 12.6 Å². The number of ether oxygens (including phenoxy) is 1. The first-order valence-electron chi connectivity index (χ1n) is 3.77. The van der Waals surface area contributed by atoms with E-state index in [1.807, 2.05) is 26.0 Å². The maximum atomic E-state index is 5.38. The van der Waals surface area contributed by atoms with Crippen LogP contribution in [0, 0.1) is 0 Å². The predicted molar refractivity (Wildman–Crippen MR) is 50.2 cm³/mol. The molecule has 1 unspecified atom stereocenters. The fraction of sp³-hybridized carbons (Fsp3) is 0.625. The van der Waals surface area contributed by atoms with E-state index in [0.29, 0.717) is 5.90 Å². The predicted octanol–water partition coefficient (Wildman–Crippen LogP) is 2.03. The smallest absolute Gasteiger partial charge is 0.209 e. The van der Waals surface area contributed by atoms with Gasteiger partial charge in [0.05, 0.1) is 11.5 Å². The van der Waals surface area contributed by atoms with Crippen molar-refractivity contribution >= 4 is 18.5 Å². The molecule has 0 radical (unpaired) electrons. The first-order chi connectivity index (χ1) is 5.18. The lowest BCUT2D eigenvalue weighted by Gasteiger charge is -2.14. The molecule has 0 saturated heterocycles. The molecule has 1 heterocycles. The van der Waals surface area contributed by atoms with E-state index in [1.165, 1.54) is 0 Å². The Labute approximate surface area is 72.8 Å². The SMILES string of the molecule is CC(C)OC1=NC(S)CC=C1. The second-order valence-corrected chi connectivity index (χ2v) is 3.35. The Bertz CT molecular complexity index is 187. The largest absolute Gasteiger partial charge is 0.475 e. The van der Waals surface area contributed by atoms with Crippen LogP contribution in [0.2, 0.25) is 0 Å². The molecule has 0 spiro atoms. The van der Waals surface area contributed by atoms with Crippen molar-refractivity contribution in [2.45, 2.75) is 31.7 Å². The van der Waals surface area contributed by atoms with Crippen LogP contribution in [0.15, 0.2) is 17.1 Å². The quantitative estimate of drug-likeness (QED) is 0.599. The monoisotopic (exact) mass is 171 g/mol. The summed E-state index contributed by atoms with van der Waals surface area (Å²) in [6, 6.07) is 0. The van der Waals surface area contributed by atoms with Gasteiger partial charge >= 0.3 is 0 Å². The van der Waals surface area contributed by atoms with Crippen LogP contribution in [0.4, 0.5) is 0 Å². The summed E-state index contributed by atoms with van der Waals surface area (Å²) >= 11 is 4.22. The third-order valence-corrected chi connectivity index (χ3v) is 1.57. The van der Waals surface area contributed by atoms with E-state index in [0.717, 1.165) is 6.42 Å². The van der Waals surface area contributed by atoms with Crippen molar-refractivity contribution in [3.05, 3.63) is 12.2 Å². The van der Waals surface area contributed by atoms with Gasteiger partial charge in [0.15, 0.2) is 0 Å². The van der Waals surface area contributed by atoms with E-state index in [9.17, 15) is 0 Å². The summed E-state index contributed by atoms with van der Waals surface area (Å²) in [4.78, 5) is 4.19. The molecule has 3 heteroatoms. The average Bonchev–Trinajstić information content (AvgIpc) is 1.85. The van der Waals surface area contributed by atoms with Gasteiger partial charge in [-0.25, -0.2) is 4.99 Å². The van der Waals surface area contributed by atoms with Gasteiger partial charge in [-0.15, -0.1) is 0 Å². The highest BCUT2D eigenvalue weighted by Gasteiger charge is 2.07. The molecule has 11 heavy (non-hydrogen) atoms. The van der Waals surface area contributed by atoms with E-state index in [1.54, 1.807) is 0 Å². The molecule has 1 aliphatic heterocycles. The van der Waals surface area contributed by atoms with Gasteiger partial charge in [-0.3, -0.25) is 0 Å². The third-order valence-electron chi connectivity index (χ3n) is 1.24. The topological polar surface area (TPSA) is 21.6 Å². The molecule has 0 N–H and O–H groups in total. The van der Waals surface area contributed by atoms with Crippen molar-refractivity contribution in [2.75, 3.05) is 0 Å². The Balaban J connectivity index is 2.50. The van der Waals surface area contributed by atoms with Gasteiger partial charge in [-0.05, 0) is 26.3 Å². The molecule has 1 atom stereocenters. The number of nitrogens with zero attached hydrogens (tertiary/aromatic N) is 1. The molecular weight excluding hydrogens is 158 g/mol. The molecule has 0 aliphatic carbocycles. The Morgan fingerprint density at radius 2 is 2.45 bits per heavy atom. The first kappa shape index (κ1) is 8.65. The minimum atomic E-state index is 0.0775. The standard InChI is InChI=1S/C8H13NOS/c1-6(2)10-7-4-3-5-8(11)9-7/h3-4,6,8,11H,5H2,1-2H3. The Morgan fingerprint density at radius 1 is 1.73 bits per heavy atom. The summed E-state index contributed by atoms with van der Waals surface area (Å²) in [6.45, 7) is 3.97. The number of hydrogen-bond acceptors (Lipinski definition) is 3. The Kier molecular flexibility index (Phi) is 3.00. The van der Waals surface area contributed by atoms with Crippen LogP contribution in [0.5, 0.6) is 0 Å². The second-order valence-electron chi connectivity index (χ2n) is 2.75. The first-order valence-corrected chi connectivity index (χ1v) is 4.29.